The number of aryl methyl sites for hydroxylation is 1. The fourth-order valence-corrected chi connectivity index (χ4v) is 4.75. The summed E-state index contributed by atoms with van der Waals surface area (Å²) >= 11 is 8.25. The molecule has 4 aromatic rings. The summed E-state index contributed by atoms with van der Waals surface area (Å²) in [5.74, 6) is 0.404. The zero-order valence-electron chi connectivity index (χ0n) is 18.6. The van der Waals surface area contributed by atoms with E-state index in [1.165, 1.54) is 0 Å². The Morgan fingerprint density at radius 1 is 1.24 bits per heavy atom. The quantitative estimate of drug-likeness (QED) is 0.430. The van der Waals surface area contributed by atoms with Crippen LogP contribution in [-0.4, -0.2) is 52.1 Å². The minimum Gasteiger partial charge on any atom is -0.357 e. The summed E-state index contributed by atoms with van der Waals surface area (Å²) in [7, 11) is 1.72. The second-order valence-corrected chi connectivity index (χ2v) is 9.47. The van der Waals surface area contributed by atoms with Gasteiger partial charge in [-0.3, -0.25) is 9.36 Å². The number of nitrogens with two attached hydrogens (primary N) is 1. The summed E-state index contributed by atoms with van der Waals surface area (Å²) in [5, 5.41) is 7.01. The molecular weight excluding hydrogens is 476 g/mol. The van der Waals surface area contributed by atoms with Gasteiger partial charge in [0.25, 0.3) is 5.56 Å². The number of aromatic nitrogens is 4. The van der Waals surface area contributed by atoms with Crippen LogP contribution in [-0.2, 0) is 16.0 Å². The number of benzene rings is 1. The first kappa shape index (κ1) is 22.9. The van der Waals surface area contributed by atoms with Crippen molar-refractivity contribution < 1.29 is 9.47 Å². The van der Waals surface area contributed by atoms with Gasteiger partial charge in [-0.15, -0.1) is 11.3 Å². The van der Waals surface area contributed by atoms with Crippen molar-refractivity contribution in [3.63, 3.8) is 0 Å². The van der Waals surface area contributed by atoms with E-state index in [-0.39, 0.29) is 18.1 Å². The Labute approximate surface area is 204 Å². The van der Waals surface area contributed by atoms with Crippen molar-refractivity contribution in [2.75, 3.05) is 25.6 Å². The SMILES string of the molecule is CNc1ncc2cc(-c3ccc(-c4csc(C)n4)cc3Cl)c(=O)n(C[C@H]3OC[C@H](N)CO3)c2n1. The lowest BCUT2D eigenvalue weighted by Gasteiger charge is -2.28. The van der Waals surface area contributed by atoms with E-state index in [9.17, 15) is 4.79 Å². The van der Waals surface area contributed by atoms with Crippen molar-refractivity contribution in [3.8, 4) is 22.4 Å². The third-order valence-corrected chi connectivity index (χ3v) is 6.63. The van der Waals surface area contributed by atoms with Gasteiger partial charge in [-0.05, 0) is 19.1 Å². The Balaban J connectivity index is 1.61. The first-order valence-corrected chi connectivity index (χ1v) is 12.0. The highest BCUT2D eigenvalue weighted by atomic mass is 35.5. The van der Waals surface area contributed by atoms with Crippen LogP contribution in [0, 0.1) is 6.92 Å². The van der Waals surface area contributed by atoms with Gasteiger partial charge in [0.2, 0.25) is 5.95 Å². The summed E-state index contributed by atoms with van der Waals surface area (Å²) in [5.41, 5.74) is 8.87. The fourth-order valence-electron chi connectivity index (χ4n) is 3.84. The van der Waals surface area contributed by atoms with E-state index in [4.69, 9.17) is 26.8 Å². The van der Waals surface area contributed by atoms with Crippen LogP contribution in [0.4, 0.5) is 5.95 Å². The van der Waals surface area contributed by atoms with Crippen LogP contribution in [0.5, 0.6) is 0 Å². The predicted octanol–water partition coefficient (Wildman–Crippen LogP) is 3.29. The second kappa shape index (κ2) is 9.40. The van der Waals surface area contributed by atoms with Crippen LogP contribution < -0.4 is 16.6 Å². The maximum Gasteiger partial charge on any atom is 0.260 e. The van der Waals surface area contributed by atoms with Gasteiger partial charge in [0.15, 0.2) is 6.29 Å². The van der Waals surface area contributed by atoms with Crippen LogP contribution >= 0.6 is 22.9 Å². The predicted molar refractivity (Wildman–Crippen MR) is 133 cm³/mol. The van der Waals surface area contributed by atoms with E-state index in [0.29, 0.717) is 46.3 Å². The molecule has 1 aromatic carbocycles. The molecule has 0 amide bonds. The smallest absolute Gasteiger partial charge is 0.260 e. The molecule has 0 aliphatic carbocycles. The summed E-state index contributed by atoms with van der Waals surface area (Å²) < 4.78 is 12.9. The van der Waals surface area contributed by atoms with E-state index < -0.39 is 6.29 Å². The van der Waals surface area contributed by atoms with Gasteiger partial charge >= 0.3 is 0 Å². The molecule has 1 fully saturated rings. The second-order valence-electron chi connectivity index (χ2n) is 8.00. The summed E-state index contributed by atoms with van der Waals surface area (Å²) in [6.07, 6.45) is 1.06. The minimum absolute atomic E-state index is 0.157. The highest BCUT2D eigenvalue weighted by Gasteiger charge is 2.23. The Morgan fingerprint density at radius 3 is 2.71 bits per heavy atom. The molecule has 0 atom stereocenters. The average Bonchev–Trinajstić information content (AvgIpc) is 3.28. The number of nitrogens with one attached hydrogen (secondary N) is 1. The molecule has 34 heavy (non-hydrogen) atoms. The summed E-state index contributed by atoms with van der Waals surface area (Å²) in [4.78, 5) is 27.0. The van der Waals surface area contributed by atoms with Crippen LogP contribution in [0.25, 0.3) is 33.4 Å². The number of rotatable bonds is 5. The van der Waals surface area contributed by atoms with E-state index in [1.807, 2.05) is 30.5 Å². The van der Waals surface area contributed by atoms with Crippen molar-refractivity contribution in [2.45, 2.75) is 25.8 Å². The molecule has 0 saturated carbocycles. The lowest BCUT2D eigenvalue weighted by Crippen LogP contribution is -2.43. The van der Waals surface area contributed by atoms with E-state index in [2.05, 4.69) is 20.3 Å². The van der Waals surface area contributed by atoms with Gasteiger partial charge in [0.05, 0.1) is 36.5 Å². The zero-order chi connectivity index (χ0) is 23.8. The molecule has 11 heteroatoms. The zero-order valence-corrected chi connectivity index (χ0v) is 20.2. The summed E-state index contributed by atoms with van der Waals surface area (Å²) in [6, 6.07) is 7.16. The molecule has 4 heterocycles. The largest absolute Gasteiger partial charge is 0.357 e. The third kappa shape index (κ3) is 4.42. The van der Waals surface area contributed by atoms with Gasteiger partial charge in [-0.1, -0.05) is 23.7 Å². The van der Waals surface area contributed by atoms with E-state index >= 15 is 0 Å². The molecule has 0 bridgehead atoms. The molecule has 3 aromatic heterocycles. The molecule has 3 N–H and O–H groups in total. The number of thiazole rings is 1. The highest BCUT2D eigenvalue weighted by Crippen LogP contribution is 2.32. The van der Waals surface area contributed by atoms with Gasteiger partial charge in [-0.25, -0.2) is 9.97 Å². The monoisotopic (exact) mass is 498 g/mol. The van der Waals surface area contributed by atoms with Crippen molar-refractivity contribution in [2.24, 2.45) is 5.73 Å². The lowest BCUT2D eigenvalue weighted by molar-refractivity contribution is -0.191. The van der Waals surface area contributed by atoms with Crippen molar-refractivity contribution in [3.05, 3.63) is 56.2 Å². The first-order valence-electron chi connectivity index (χ1n) is 10.7. The Morgan fingerprint density at radius 2 is 2.03 bits per heavy atom. The third-order valence-electron chi connectivity index (χ3n) is 5.55. The first-order chi connectivity index (χ1) is 16.4. The molecule has 5 rings (SSSR count). The molecule has 0 unspecified atom stereocenters. The van der Waals surface area contributed by atoms with Crippen molar-refractivity contribution >= 4 is 39.9 Å². The normalized spacial score (nSPS) is 18.4. The standard InChI is InChI=1S/C23H23ClN6O3S/c1-12-28-19(11-34-12)13-3-4-16(18(24)6-13)17-5-14-7-27-23(26-2)29-21(14)30(22(17)31)8-20-32-9-15(25)10-33-20/h3-7,11,15,20H,8-10,25H2,1-2H3,(H,26,27,29)/t15-,20-. The molecule has 0 radical (unpaired) electrons. The number of halogens is 1. The lowest BCUT2D eigenvalue weighted by atomic mass is 10.0. The highest BCUT2D eigenvalue weighted by molar-refractivity contribution is 7.09. The molecular formula is C23H23ClN6O3S. The van der Waals surface area contributed by atoms with Crippen molar-refractivity contribution in [1.82, 2.24) is 19.5 Å². The number of fused-ring (bicyclic) bond motifs is 1. The molecule has 1 aliphatic rings. The number of nitrogens with zero attached hydrogens (tertiary/aromatic N) is 4. The van der Waals surface area contributed by atoms with Gasteiger partial charge < -0.3 is 20.5 Å². The van der Waals surface area contributed by atoms with Crippen LogP contribution in [0.15, 0.2) is 40.6 Å². The Bertz CT molecular complexity index is 1410. The van der Waals surface area contributed by atoms with Gasteiger partial charge in [0.1, 0.15) is 5.65 Å². The fraction of sp³-hybridized carbons (Fsp3) is 0.304. The molecule has 1 aliphatic heterocycles. The topological polar surface area (TPSA) is 117 Å². The number of pyridine rings is 1. The van der Waals surface area contributed by atoms with Crippen LogP contribution in [0.2, 0.25) is 5.02 Å². The van der Waals surface area contributed by atoms with E-state index in [0.717, 1.165) is 16.3 Å². The number of hydrogen-bond acceptors (Lipinski definition) is 9. The van der Waals surface area contributed by atoms with Crippen LogP contribution in [0.1, 0.15) is 5.01 Å². The Hall–Kier alpha value is -2.89. The number of hydrogen-bond donors (Lipinski definition) is 2. The van der Waals surface area contributed by atoms with Gasteiger partial charge in [0, 0.05) is 45.7 Å². The number of ether oxygens (including phenoxy) is 2. The van der Waals surface area contributed by atoms with E-state index in [1.54, 1.807) is 35.2 Å². The maximum absolute atomic E-state index is 13.7. The summed E-state index contributed by atoms with van der Waals surface area (Å²) in [6.45, 7) is 2.83. The van der Waals surface area contributed by atoms with Crippen molar-refractivity contribution in [1.29, 1.82) is 0 Å². The molecule has 0 spiro atoms. The minimum atomic E-state index is -0.616. The van der Waals surface area contributed by atoms with Gasteiger partial charge in [-0.2, -0.15) is 4.98 Å². The molecule has 9 nitrogen and oxygen atoms in total. The average molecular weight is 499 g/mol. The molecule has 176 valence electrons. The maximum atomic E-state index is 13.7. The van der Waals surface area contributed by atoms with Crippen LogP contribution in [0.3, 0.4) is 0 Å². The number of anilines is 1. The molecule has 1 saturated heterocycles. The Kier molecular flexibility index (Phi) is 6.32.